The van der Waals surface area contributed by atoms with Gasteiger partial charge in [0.2, 0.25) is 0 Å². The molecule has 0 amide bonds. The minimum Gasteiger partial charge on any atom is -1.00 e. The van der Waals surface area contributed by atoms with E-state index >= 15 is 0 Å². The molecule has 0 spiro atoms. The Hall–Kier alpha value is 0.410. The van der Waals surface area contributed by atoms with Gasteiger partial charge in [-0.05, 0) is 0 Å². The quantitative estimate of drug-likeness (QED) is 0.466. The fourth-order valence-corrected chi connectivity index (χ4v) is 28.0. The van der Waals surface area contributed by atoms with Crippen molar-refractivity contribution in [1.82, 2.24) is 0 Å². The number of halogens is 2. The van der Waals surface area contributed by atoms with E-state index in [0.717, 1.165) is 5.92 Å². The summed E-state index contributed by atoms with van der Waals surface area (Å²) in [5.41, 5.74) is 4.75. The first-order valence-corrected chi connectivity index (χ1v) is 15.5. The van der Waals surface area contributed by atoms with Crippen LogP contribution >= 0.6 is 0 Å². The normalized spacial score (nSPS) is 25.5. The molecule has 0 saturated carbocycles. The Morgan fingerprint density at radius 2 is 1.68 bits per heavy atom. The van der Waals surface area contributed by atoms with Gasteiger partial charge < -0.3 is 24.8 Å². The second-order valence-electron chi connectivity index (χ2n) is 6.21. The topological polar surface area (TPSA) is 0 Å². The third-order valence-electron chi connectivity index (χ3n) is 4.66. The molecule has 1 heterocycles. The Bertz CT molecular complexity index is 505. The van der Waals surface area contributed by atoms with E-state index in [1.165, 1.54) is 12.0 Å². The van der Waals surface area contributed by atoms with Crippen LogP contribution in [0.1, 0.15) is 34.1 Å². The first kappa shape index (κ1) is 17.5. The molecule has 0 N–H and O–H groups in total. The second kappa shape index (κ2) is 6.03. The van der Waals surface area contributed by atoms with Gasteiger partial charge in [-0.3, -0.25) is 0 Å². The van der Waals surface area contributed by atoms with E-state index < -0.39 is 20.0 Å². The van der Waals surface area contributed by atoms with Gasteiger partial charge in [0, 0.05) is 0 Å². The molecule has 0 bridgehead atoms. The Labute approximate surface area is 134 Å². The summed E-state index contributed by atoms with van der Waals surface area (Å²) >= 11 is -2.13. The van der Waals surface area contributed by atoms with Crippen molar-refractivity contribution in [1.29, 1.82) is 0 Å². The molecule has 3 aliphatic rings. The van der Waals surface area contributed by atoms with Crippen LogP contribution in [0.4, 0.5) is 0 Å². The van der Waals surface area contributed by atoms with Gasteiger partial charge in [0.05, 0.1) is 0 Å². The summed E-state index contributed by atoms with van der Waals surface area (Å²) in [4.78, 5) is 0. The third kappa shape index (κ3) is 2.89. The maximum atomic E-state index is 2.55. The summed E-state index contributed by atoms with van der Waals surface area (Å²) < 4.78 is 7.04. The monoisotopic (exact) mass is 464 g/mol. The van der Waals surface area contributed by atoms with E-state index in [1.54, 1.807) is 19.5 Å². The Balaban J connectivity index is 0.000000902. The van der Waals surface area contributed by atoms with Crippen molar-refractivity contribution in [2.75, 3.05) is 0 Å². The number of allylic oxidation sites excluding steroid dienone is 8. The van der Waals surface area contributed by atoms with E-state index in [2.05, 4.69) is 45.9 Å². The summed E-state index contributed by atoms with van der Waals surface area (Å²) in [6.45, 7) is 9.34. The van der Waals surface area contributed by atoms with Gasteiger partial charge in [0.1, 0.15) is 0 Å². The predicted molar refractivity (Wildman–Crippen MR) is 71.7 cm³/mol. The Morgan fingerprint density at radius 3 is 2.05 bits per heavy atom. The molecule has 1 atom stereocenters. The predicted octanol–water partition coefficient (Wildman–Crippen LogP) is -0.898. The molecule has 2 aliphatic carbocycles. The molecule has 1 aliphatic heterocycles. The standard InChI is InChI=1S/2C7H9.C2H4.2ClH.Hf/c2*1-6-3-4-7(2)5-6;1-2;;;/h5H,3H2,1-2H3;3,5,7H,1-2H3;1-2H2;2*1H;/q;;;;;+2/p-2. The summed E-state index contributed by atoms with van der Waals surface area (Å²) in [6.07, 6.45) is 8.78. The van der Waals surface area contributed by atoms with Crippen molar-refractivity contribution in [2.24, 2.45) is 5.92 Å². The fourth-order valence-electron chi connectivity index (χ4n) is 3.85. The Morgan fingerprint density at radius 1 is 1.05 bits per heavy atom. The molecule has 104 valence electrons. The molecule has 0 aromatic carbocycles. The molecule has 1 fully saturated rings. The smallest absolute Gasteiger partial charge is 1.00 e. The number of hydrogen-bond donors (Lipinski definition) is 0. The third-order valence-corrected chi connectivity index (χ3v) is 22.4. The van der Waals surface area contributed by atoms with Gasteiger partial charge in [0.15, 0.2) is 0 Å². The first-order chi connectivity index (χ1) is 8.03. The number of hydrogen-bond acceptors (Lipinski definition) is 0. The van der Waals surface area contributed by atoms with E-state index in [-0.39, 0.29) is 24.8 Å². The van der Waals surface area contributed by atoms with Crippen LogP contribution in [0.2, 0.25) is 8.35 Å². The van der Waals surface area contributed by atoms with Crippen LogP contribution in [0.25, 0.3) is 0 Å². The van der Waals surface area contributed by atoms with Gasteiger partial charge >= 0.3 is 110 Å². The minimum atomic E-state index is -2.13. The zero-order valence-corrected chi connectivity index (χ0v) is 17.3. The van der Waals surface area contributed by atoms with Crippen molar-refractivity contribution < 1.29 is 44.8 Å². The largest absolute Gasteiger partial charge is 1.00 e. The number of rotatable bonds is 2. The summed E-state index contributed by atoms with van der Waals surface area (Å²) in [5.74, 6) is 0.750. The second-order valence-corrected chi connectivity index (χ2v) is 21.8. The SMILES string of the molecule is CC1=CC(C)[C]([Hf+2]2([C]3=C(C)C=C(C)C3)[CH2][CH2]2)=C1.[Cl-].[Cl-]. The summed E-state index contributed by atoms with van der Waals surface area (Å²) in [5, 5.41) is 0. The summed E-state index contributed by atoms with van der Waals surface area (Å²) in [6, 6.07) is 0. The van der Waals surface area contributed by atoms with E-state index in [4.69, 9.17) is 0 Å². The van der Waals surface area contributed by atoms with Crippen LogP contribution in [0, 0.1) is 5.92 Å². The van der Waals surface area contributed by atoms with Crippen molar-refractivity contribution in [3.05, 3.63) is 41.6 Å². The van der Waals surface area contributed by atoms with Gasteiger partial charge in [-0.1, -0.05) is 0 Å². The van der Waals surface area contributed by atoms with E-state index in [9.17, 15) is 0 Å². The van der Waals surface area contributed by atoms with Crippen molar-refractivity contribution in [3.63, 3.8) is 0 Å². The van der Waals surface area contributed by atoms with Gasteiger partial charge in [-0.25, -0.2) is 0 Å². The fraction of sp³-hybridized carbons (Fsp3) is 0.500. The average molecular weight is 464 g/mol. The summed E-state index contributed by atoms with van der Waals surface area (Å²) in [7, 11) is 0. The molecule has 3 heteroatoms. The molecule has 0 aromatic heterocycles. The van der Waals surface area contributed by atoms with Gasteiger partial charge in [-0.2, -0.15) is 0 Å². The minimum absolute atomic E-state index is 0. The van der Waals surface area contributed by atoms with Crippen molar-refractivity contribution in [2.45, 2.75) is 42.5 Å². The molecule has 1 unspecified atom stereocenters. The van der Waals surface area contributed by atoms with Crippen LogP contribution in [0.5, 0.6) is 0 Å². The maximum Gasteiger partial charge on any atom is -1.00 e. The zero-order chi connectivity index (χ0) is 12.2. The van der Waals surface area contributed by atoms with Crippen LogP contribution in [-0.2, 0) is 20.0 Å². The van der Waals surface area contributed by atoms with Gasteiger partial charge in [-0.15, -0.1) is 0 Å². The van der Waals surface area contributed by atoms with Crippen LogP contribution in [-0.4, -0.2) is 0 Å². The molecule has 0 radical (unpaired) electrons. The Kier molecular flexibility index (Phi) is 5.55. The van der Waals surface area contributed by atoms with Crippen molar-refractivity contribution in [3.8, 4) is 0 Å². The van der Waals surface area contributed by atoms with Crippen LogP contribution < -0.4 is 24.8 Å². The first-order valence-electron chi connectivity index (χ1n) is 6.81. The maximum absolute atomic E-state index is 2.55. The zero-order valence-electron chi connectivity index (χ0n) is 12.2. The van der Waals surface area contributed by atoms with Crippen LogP contribution in [0.15, 0.2) is 41.6 Å². The molecule has 0 aromatic rings. The molecule has 1 saturated heterocycles. The van der Waals surface area contributed by atoms with E-state index in [1.807, 2.05) is 6.66 Å². The molecule has 3 rings (SSSR count). The van der Waals surface area contributed by atoms with E-state index in [0.29, 0.717) is 0 Å². The average Bonchev–Trinajstić information content (AvgIpc) is 2.86. The molecule has 0 nitrogen and oxygen atoms in total. The molecule has 19 heavy (non-hydrogen) atoms. The van der Waals surface area contributed by atoms with Gasteiger partial charge in [0.25, 0.3) is 0 Å². The van der Waals surface area contributed by atoms with Crippen LogP contribution in [0.3, 0.4) is 0 Å². The molecular weight excluding hydrogens is 442 g/mol. The molecular formula is C16H22Cl2Hf. The van der Waals surface area contributed by atoms with Crippen molar-refractivity contribution >= 4 is 0 Å².